The van der Waals surface area contributed by atoms with Crippen LogP contribution < -0.4 is 4.57 Å². The van der Waals surface area contributed by atoms with Gasteiger partial charge in [-0.1, -0.05) is 118 Å². The average Bonchev–Trinajstić information content (AvgIpc) is 3.82. The lowest BCUT2D eigenvalue weighted by Gasteiger charge is -2.19. The maximum atomic E-state index is 5.53. The van der Waals surface area contributed by atoms with Gasteiger partial charge < -0.3 is 0 Å². The lowest BCUT2D eigenvalue weighted by molar-refractivity contribution is -0.572. The summed E-state index contributed by atoms with van der Waals surface area (Å²) >= 11 is 0. The van der Waals surface area contributed by atoms with Crippen LogP contribution in [0.15, 0.2) is 158 Å². The zero-order valence-electron chi connectivity index (χ0n) is 28.7. The predicted molar refractivity (Wildman–Crippen MR) is 209 cm³/mol. The molecule has 0 radical (unpaired) electrons. The minimum absolute atomic E-state index is 0.0902. The summed E-state index contributed by atoms with van der Waals surface area (Å²) in [5.74, 6) is 0. The minimum atomic E-state index is 0.0902. The first-order valence-electron chi connectivity index (χ1n) is 17.5. The van der Waals surface area contributed by atoms with Gasteiger partial charge in [-0.25, -0.2) is 4.98 Å². The second-order valence-corrected chi connectivity index (χ2v) is 14.3. The third-order valence-electron chi connectivity index (χ3n) is 10.2. The normalized spacial score (nSPS) is 12.2. The minimum Gasteiger partial charge on any atom is -0.294 e. The highest BCUT2D eigenvalue weighted by Crippen LogP contribution is 2.38. The summed E-state index contributed by atoms with van der Waals surface area (Å²) in [7, 11) is 0. The number of rotatable bonds is 4. The van der Waals surface area contributed by atoms with E-state index >= 15 is 0 Å². The molecule has 5 nitrogen and oxygen atoms in total. The van der Waals surface area contributed by atoms with E-state index in [1.807, 2.05) is 0 Å². The van der Waals surface area contributed by atoms with Gasteiger partial charge in [-0.2, -0.15) is 0 Å². The van der Waals surface area contributed by atoms with Crippen molar-refractivity contribution < 1.29 is 4.57 Å². The number of benzene rings is 6. The Morgan fingerprint density at radius 2 is 1.04 bits per heavy atom. The van der Waals surface area contributed by atoms with E-state index in [-0.39, 0.29) is 5.41 Å². The number of nitrogens with zero attached hydrogens (tertiary/aromatic N) is 5. The second-order valence-electron chi connectivity index (χ2n) is 14.3. The highest BCUT2D eigenvalue weighted by atomic mass is 15.1. The molecule has 0 fully saturated rings. The quantitative estimate of drug-likeness (QED) is 0.137. The summed E-state index contributed by atoms with van der Waals surface area (Å²) in [6, 6.07) is 56.2. The SMILES string of the molecule is CC(C)(C)c1ccc(-[n+]2[c-]n(-c3cccc(-n4c5ccccc5c5cc6c7ccccc7n(-c7ccccc7)c6nc54)c3)c3ccccc32)cc1. The molecule has 4 heterocycles. The fourth-order valence-corrected chi connectivity index (χ4v) is 7.68. The number of pyridine rings is 1. The van der Waals surface area contributed by atoms with Crippen LogP contribution in [0.3, 0.4) is 0 Å². The molecule has 10 aromatic rings. The van der Waals surface area contributed by atoms with E-state index in [1.54, 1.807) is 0 Å². The van der Waals surface area contributed by atoms with Crippen molar-refractivity contribution in [3.8, 4) is 22.7 Å². The molecule has 0 saturated heterocycles. The van der Waals surface area contributed by atoms with E-state index in [0.717, 1.165) is 66.9 Å². The molecule has 10 rings (SSSR count). The topological polar surface area (TPSA) is 31.6 Å². The number of hydrogen-bond acceptors (Lipinski definition) is 1. The third-order valence-corrected chi connectivity index (χ3v) is 10.2. The Morgan fingerprint density at radius 1 is 0.490 bits per heavy atom. The molecule has 0 N–H and O–H groups in total. The van der Waals surface area contributed by atoms with Gasteiger partial charge in [0.1, 0.15) is 11.3 Å². The van der Waals surface area contributed by atoms with Gasteiger partial charge in [0.2, 0.25) is 0 Å². The molecule has 0 saturated carbocycles. The van der Waals surface area contributed by atoms with Crippen molar-refractivity contribution in [2.75, 3.05) is 0 Å². The summed E-state index contributed by atoms with van der Waals surface area (Å²) in [5.41, 5.74) is 12.0. The van der Waals surface area contributed by atoms with E-state index in [1.165, 1.54) is 16.3 Å². The molecule has 4 aromatic heterocycles. The van der Waals surface area contributed by atoms with Crippen molar-refractivity contribution in [3.63, 3.8) is 0 Å². The van der Waals surface area contributed by atoms with Crippen LogP contribution in [0.1, 0.15) is 26.3 Å². The van der Waals surface area contributed by atoms with Crippen LogP contribution in [0.25, 0.3) is 77.7 Å². The van der Waals surface area contributed by atoms with Crippen molar-refractivity contribution in [2.24, 2.45) is 0 Å². The number of hydrogen-bond donors (Lipinski definition) is 0. The van der Waals surface area contributed by atoms with Crippen molar-refractivity contribution in [1.82, 2.24) is 18.7 Å². The van der Waals surface area contributed by atoms with Crippen LogP contribution in [0, 0.1) is 6.33 Å². The van der Waals surface area contributed by atoms with Crippen LogP contribution in [0.4, 0.5) is 0 Å². The Hall–Kier alpha value is -6.46. The fourth-order valence-electron chi connectivity index (χ4n) is 7.68. The van der Waals surface area contributed by atoms with Crippen LogP contribution in [-0.2, 0) is 5.41 Å². The van der Waals surface area contributed by atoms with Crippen LogP contribution in [0.2, 0.25) is 0 Å². The summed E-state index contributed by atoms with van der Waals surface area (Å²) in [4.78, 5) is 5.53. The number of aromatic nitrogens is 5. The molecule has 0 bridgehead atoms. The lowest BCUT2D eigenvalue weighted by atomic mass is 9.87. The zero-order valence-corrected chi connectivity index (χ0v) is 28.7. The maximum Gasteiger partial charge on any atom is 0.269 e. The monoisotopic (exact) mass is 657 g/mol. The smallest absolute Gasteiger partial charge is 0.269 e. The fraction of sp³-hybridized carbons (Fsp3) is 0.0870. The lowest BCUT2D eigenvalue weighted by Crippen LogP contribution is -2.29. The first-order chi connectivity index (χ1) is 24.9. The van der Waals surface area contributed by atoms with E-state index in [9.17, 15) is 0 Å². The molecule has 0 unspecified atom stereocenters. The Kier molecular flexibility index (Phi) is 6.37. The Labute approximate surface area is 295 Å². The summed E-state index contributed by atoms with van der Waals surface area (Å²) in [6.45, 7) is 6.75. The zero-order chi connectivity index (χ0) is 34.3. The first kappa shape index (κ1) is 29.5. The summed E-state index contributed by atoms with van der Waals surface area (Å²) in [6.07, 6.45) is 3.70. The van der Waals surface area contributed by atoms with Gasteiger partial charge in [0.15, 0.2) is 0 Å². The van der Waals surface area contributed by atoms with Crippen LogP contribution in [-0.4, -0.2) is 18.7 Å². The van der Waals surface area contributed by atoms with E-state index in [2.05, 4.69) is 203 Å². The summed E-state index contributed by atoms with van der Waals surface area (Å²) < 4.78 is 8.93. The van der Waals surface area contributed by atoms with Gasteiger partial charge in [0.05, 0.1) is 33.4 Å². The standard InChI is InChI=1S/C46H35N5/c1-46(2,3)31-24-26-32(27-25-31)48-30-49(43-23-12-11-22-42(43)48)34-16-13-17-35(28-34)51-41-21-10-8-19-37(41)39-29-38-36-18-7-9-20-40(36)50(44(38)47-45(39)51)33-14-5-4-6-15-33/h4-29H,1-3H3. The van der Waals surface area contributed by atoms with Gasteiger partial charge in [-0.15, -0.1) is 0 Å². The molecular formula is C46H35N5. The van der Waals surface area contributed by atoms with Crippen LogP contribution >= 0.6 is 0 Å². The second kappa shape index (κ2) is 11.0. The molecule has 0 aliphatic heterocycles. The molecule has 0 aliphatic rings. The number of fused-ring (bicyclic) bond motifs is 7. The van der Waals surface area contributed by atoms with Gasteiger partial charge in [0, 0.05) is 32.9 Å². The van der Waals surface area contributed by atoms with Crippen molar-refractivity contribution in [1.29, 1.82) is 0 Å². The molecule has 244 valence electrons. The molecule has 0 amide bonds. The van der Waals surface area contributed by atoms with Gasteiger partial charge in [0.25, 0.3) is 6.33 Å². The van der Waals surface area contributed by atoms with Gasteiger partial charge in [-0.05, 0) is 71.6 Å². The molecule has 0 aliphatic carbocycles. The first-order valence-corrected chi connectivity index (χ1v) is 17.5. The van der Waals surface area contributed by atoms with Gasteiger partial charge in [-0.3, -0.25) is 18.3 Å². The summed E-state index contributed by atoms with van der Waals surface area (Å²) in [5, 5.41) is 4.65. The Bertz CT molecular complexity index is 2930. The highest BCUT2D eigenvalue weighted by molar-refractivity contribution is 6.16. The molecule has 0 atom stereocenters. The van der Waals surface area contributed by atoms with Crippen molar-refractivity contribution in [3.05, 3.63) is 170 Å². The maximum absolute atomic E-state index is 5.53. The largest absolute Gasteiger partial charge is 0.294 e. The molecule has 0 spiro atoms. The van der Waals surface area contributed by atoms with E-state index in [4.69, 9.17) is 4.98 Å². The Balaban J connectivity index is 1.20. The number of para-hydroxylation sites is 5. The van der Waals surface area contributed by atoms with E-state index in [0.29, 0.717) is 0 Å². The Morgan fingerprint density at radius 3 is 1.71 bits per heavy atom. The van der Waals surface area contributed by atoms with Crippen molar-refractivity contribution >= 4 is 54.9 Å². The molecular weight excluding hydrogens is 623 g/mol. The van der Waals surface area contributed by atoms with Gasteiger partial charge >= 0.3 is 0 Å². The van der Waals surface area contributed by atoms with Crippen molar-refractivity contribution in [2.45, 2.75) is 26.2 Å². The highest BCUT2D eigenvalue weighted by Gasteiger charge is 2.21. The molecule has 51 heavy (non-hydrogen) atoms. The molecule has 6 aromatic carbocycles. The van der Waals surface area contributed by atoms with Crippen LogP contribution in [0.5, 0.6) is 0 Å². The third kappa shape index (κ3) is 4.55. The van der Waals surface area contributed by atoms with E-state index < -0.39 is 0 Å². The average molecular weight is 658 g/mol. The molecule has 5 heteroatoms. The predicted octanol–water partition coefficient (Wildman–Crippen LogP) is 10.6. The number of imidazole rings is 1.